The van der Waals surface area contributed by atoms with Gasteiger partial charge in [-0.2, -0.15) is 5.10 Å². The number of nitrogens with zero attached hydrogens (tertiary/aromatic N) is 2. The lowest BCUT2D eigenvalue weighted by molar-refractivity contribution is 0.454. The van der Waals surface area contributed by atoms with Gasteiger partial charge in [0.1, 0.15) is 0 Å². The van der Waals surface area contributed by atoms with Gasteiger partial charge in [-0.1, -0.05) is 52.4 Å². The summed E-state index contributed by atoms with van der Waals surface area (Å²) in [4.78, 5) is 0. The molecule has 1 aromatic heterocycles. The number of hydrogen-bond donors (Lipinski definition) is 1. The van der Waals surface area contributed by atoms with Crippen molar-refractivity contribution in [1.29, 1.82) is 0 Å². The van der Waals surface area contributed by atoms with Crippen molar-refractivity contribution in [3.63, 3.8) is 0 Å². The lowest BCUT2D eigenvalue weighted by Gasteiger charge is -2.16. The average molecular weight is 265 g/mol. The minimum absolute atomic E-state index is 0.437. The number of unbranched alkanes of at least 4 members (excludes halogenated alkanes) is 5. The first kappa shape index (κ1) is 16.2. The first-order valence-electron chi connectivity index (χ1n) is 8.00. The highest BCUT2D eigenvalue weighted by Gasteiger charge is 2.12. The van der Waals surface area contributed by atoms with Crippen LogP contribution in [0.4, 0.5) is 0 Å². The predicted octanol–water partition coefficient (Wildman–Crippen LogP) is 4.21. The van der Waals surface area contributed by atoms with E-state index in [1.54, 1.807) is 0 Å². The summed E-state index contributed by atoms with van der Waals surface area (Å²) in [5, 5.41) is 8.17. The van der Waals surface area contributed by atoms with Crippen molar-refractivity contribution in [1.82, 2.24) is 15.1 Å². The molecule has 0 radical (unpaired) electrons. The summed E-state index contributed by atoms with van der Waals surface area (Å²) >= 11 is 0. The van der Waals surface area contributed by atoms with E-state index in [2.05, 4.69) is 30.3 Å². The zero-order valence-electron chi connectivity index (χ0n) is 13.0. The third kappa shape index (κ3) is 6.76. The fourth-order valence-electron chi connectivity index (χ4n) is 2.42. The van der Waals surface area contributed by atoms with Crippen LogP contribution in [0.2, 0.25) is 0 Å². The lowest BCUT2D eigenvalue weighted by Crippen LogP contribution is -2.22. The van der Waals surface area contributed by atoms with E-state index in [9.17, 15) is 0 Å². The molecule has 19 heavy (non-hydrogen) atoms. The number of aromatic nitrogens is 2. The third-order valence-corrected chi connectivity index (χ3v) is 3.58. The van der Waals surface area contributed by atoms with E-state index < -0.39 is 0 Å². The minimum Gasteiger partial charge on any atom is -0.309 e. The number of hydrogen-bond acceptors (Lipinski definition) is 2. The Balaban J connectivity index is 2.29. The van der Waals surface area contributed by atoms with Crippen LogP contribution >= 0.6 is 0 Å². The Morgan fingerprint density at radius 3 is 2.47 bits per heavy atom. The molecule has 0 spiro atoms. The second kappa shape index (κ2) is 10.0. The summed E-state index contributed by atoms with van der Waals surface area (Å²) in [5.41, 5.74) is 1.20. The Bertz CT molecular complexity index is 320. The molecule has 110 valence electrons. The molecule has 3 heteroatoms. The minimum atomic E-state index is 0.437. The van der Waals surface area contributed by atoms with Crippen molar-refractivity contribution in [2.75, 3.05) is 6.54 Å². The second-order valence-electron chi connectivity index (χ2n) is 5.48. The average Bonchev–Trinajstić information content (AvgIpc) is 2.83. The summed E-state index contributed by atoms with van der Waals surface area (Å²) in [6.45, 7) is 5.57. The zero-order chi connectivity index (χ0) is 13.9. The van der Waals surface area contributed by atoms with Crippen molar-refractivity contribution in [3.8, 4) is 0 Å². The van der Waals surface area contributed by atoms with Gasteiger partial charge < -0.3 is 5.32 Å². The Labute approximate surface area is 118 Å². The maximum absolute atomic E-state index is 4.55. The van der Waals surface area contributed by atoms with Crippen molar-refractivity contribution >= 4 is 0 Å². The topological polar surface area (TPSA) is 29.9 Å². The third-order valence-electron chi connectivity index (χ3n) is 3.58. The molecule has 0 aliphatic rings. The van der Waals surface area contributed by atoms with Gasteiger partial charge in [-0.15, -0.1) is 0 Å². The van der Waals surface area contributed by atoms with Gasteiger partial charge in [-0.05, 0) is 25.5 Å². The monoisotopic (exact) mass is 265 g/mol. The molecular weight excluding hydrogens is 234 g/mol. The van der Waals surface area contributed by atoms with Crippen molar-refractivity contribution in [2.24, 2.45) is 7.05 Å². The molecule has 0 aliphatic carbocycles. The normalized spacial score (nSPS) is 12.8. The standard InChI is InChI=1S/C16H31N3/c1-4-6-7-8-9-10-11-15(17-13-5-2)16-12-14-19(3)18-16/h12,14-15,17H,4-11,13H2,1-3H3. The first-order chi connectivity index (χ1) is 9.27. The molecule has 0 saturated heterocycles. The summed E-state index contributed by atoms with van der Waals surface area (Å²) in [7, 11) is 1.99. The van der Waals surface area contributed by atoms with Crippen molar-refractivity contribution in [3.05, 3.63) is 18.0 Å². The fourth-order valence-corrected chi connectivity index (χ4v) is 2.42. The summed E-state index contributed by atoms with van der Waals surface area (Å²) in [5.74, 6) is 0. The van der Waals surface area contributed by atoms with Gasteiger partial charge in [0.15, 0.2) is 0 Å². The van der Waals surface area contributed by atoms with E-state index in [1.807, 2.05) is 17.9 Å². The van der Waals surface area contributed by atoms with Gasteiger partial charge in [0.25, 0.3) is 0 Å². The summed E-state index contributed by atoms with van der Waals surface area (Å²) in [6.07, 6.45) is 12.6. The van der Waals surface area contributed by atoms with Crippen LogP contribution in [0.3, 0.4) is 0 Å². The Morgan fingerprint density at radius 1 is 1.11 bits per heavy atom. The largest absolute Gasteiger partial charge is 0.309 e. The lowest BCUT2D eigenvalue weighted by atomic mass is 10.0. The molecule has 1 heterocycles. The molecule has 1 unspecified atom stereocenters. The number of nitrogens with one attached hydrogen (secondary N) is 1. The van der Waals surface area contributed by atoms with Gasteiger partial charge in [-0.25, -0.2) is 0 Å². The molecule has 1 atom stereocenters. The number of aryl methyl sites for hydroxylation is 1. The smallest absolute Gasteiger partial charge is 0.0793 e. The fraction of sp³-hybridized carbons (Fsp3) is 0.812. The molecule has 1 rings (SSSR count). The molecule has 0 amide bonds. The second-order valence-corrected chi connectivity index (χ2v) is 5.48. The molecule has 0 aliphatic heterocycles. The summed E-state index contributed by atoms with van der Waals surface area (Å²) in [6, 6.07) is 2.58. The maximum Gasteiger partial charge on any atom is 0.0793 e. The summed E-state index contributed by atoms with van der Waals surface area (Å²) < 4.78 is 1.90. The molecule has 0 fully saturated rings. The molecule has 0 aromatic carbocycles. The van der Waals surface area contributed by atoms with Gasteiger partial charge >= 0.3 is 0 Å². The highest BCUT2D eigenvalue weighted by molar-refractivity contribution is 5.05. The Morgan fingerprint density at radius 2 is 1.84 bits per heavy atom. The molecule has 1 N–H and O–H groups in total. The Kier molecular flexibility index (Phi) is 8.55. The van der Waals surface area contributed by atoms with Crippen LogP contribution in [0.25, 0.3) is 0 Å². The molecule has 0 saturated carbocycles. The van der Waals surface area contributed by atoms with Gasteiger partial charge in [0, 0.05) is 13.2 Å². The van der Waals surface area contributed by atoms with Crippen LogP contribution in [-0.4, -0.2) is 16.3 Å². The highest BCUT2D eigenvalue weighted by Crippen LogP contribution is 2.19. The van der Waals surface area contributed by atoms with E-state index >= 15 is 0 Å². The van der Waals surface area contributed by atoms with E-state index in [4.69, 9.17) is 0 Å². The molecule has 0 bridgehead atoms. The van der Waals surface area contributed by atoms with Crippen LogP contribution in [0, 0.1) is 0 Å². The van der Waals surface area contributed by atoms with Crippen molar-refractivity contribution < 1.29 is 0 Å². The van der Waals surface area contributed by atoms with Crippen LogP contribution in [0.1, 0.15) is 76.9 Å². The van der Waals surface area contributed by atoms with E-state index in [-0.39, 0.29) is 0 Å². The van der Waals surface area contributed by atoms with Gasteiger partial charge in [-0.3, -0.25) is 4.68 Å². The van der Waals surface area contributed by atoms with Gasteiger partial charge in [0.2, 0.25) is 0 Å². The van der Waals surface area contributed by atoms with Crippen LogP contribution in [-0.2, 0) is 7.05 Å². The van der Waals surface area contributed by atoms with E-state index in [0.717, 1.165) is 6.54 Å². The molecular formula is C16H31N3. The van der Waals surface area contributed by atoms with Crippen molar-refractivity contribution in [2.45, 2.75) is 71.3 Å². The van der Waals surface area contributed by atoms with Crippen LogP contribution in [0.15, 0.2) is 12.3 Å². The molecule has 1 aromatic rings. The first-order valence-corrected chi connectivity index (χ1v) is 8.00. The molecule has 3 nitrogen and oxygen atoms in total. The number of rotatable bonds is 11. The van der Waals surface area contributed by atoms with E-state index in [0.29, 0.717) is 6.04 Å². The van der Waals surface area contributed by atoms with Crippen LogP contribution < -0.4 is 5.32 Å². The van der Waals surface area contributed by atoms with E-state index in [1.165, 1.54) is 57.1 Å². The quantitative estimate of drug-likeness (QED) is 0.607. The zero-order valence-corrected chi connectivity index (χ0v) is 13.0. The maximum atomic E-state index is 4.55. The van der Waals surface area contributed by atoms with Crippen LogP contribution in [0.5, 0.6) is 0 Å². The highest BCUT2D eigenvalue weighted by atomic mass is 15.3. The Hall–Kier alpha value is -0.830. The predicted molar refractivity (Wildman–Crippen MR) is 82.2 cm³/mol. The SMILES string of the molecule is CCCCCCCCC(NCCC)c1ccn(C)n1. The van der Waals surface area contributed by atoms with Gasteiger partial charge in [0.05, 0.1) is 11.7 Å².